The topological polar surface area (TPSA) is 55.6 Å². The Bertz CT molecular complexity index is 482. The van der Waals surface area contributed by atoms with Crippen molar-refractivity contribution in [3.8, 4) is 0 Å². The fraction of sp³-hybridized carbons (Fsp3) is 0.562. The summed E-state index contributed by atoms with van der Waals surface area (Å²) in [6, 6.07) is 8.20. The van der Waals surface area contributed by atoms with Crippen molar-refractivity contribution in [3.63, 3.8) is 0 Å². The van der Waals surface area contributed by atoms with E-state index in [0.717, 1.165) is 22.9 Å². The van der Waals surface area contributed by atoms with Gasteiger partial charge in [0.15, 0.2) is 0 Å². The summed E-state index contributed by atoms with van der Waals surface area (Å²) < 4.78 is 6.78. The van der Waals surface area contributed by atoms with E-state index in [-0.39, 0.29) is 36.6 Å². The van der Waals surface area contributed by atoms with Crippen LogP contribution in [0.1, 0.15) is 32.3 Å². The predicted molar refractivity (Wildman–Crippen MR) is 94.0 cm³/mol. The zero-order valence-electron chi connectivity index (χ0n) is 13.0. The predicted octanol–water partition coefficient (Wildman–Crippen LogP) is 3.11. The lowest BCUT2D eigenvalue weighted by molar-refractivity contribution is -0.145. The first-order chi connectivity index (χ1) is 10.0. The Morgan fingerprint density at radius 3 is 2.50 bits per heavy atom. The second-order valence-electron chi connectivity index (χ2n) is 5.75. The van der Waals surface area contributed by atoms with Gasteiger partial charge < -0.3 is 15.4 Å². The van der Waals surface area contributed by atoms with Gasteiger partial charge >= 0.3 is 0 Å². The molecule has 1 aliphatic rings. The number of ether oxygens (including phenoxy) is 1. The van der Waals surface area contributed by atoms with E-state index in [2.05, 4.69) is 15.9 Å². The van der Waals surface area contributed by atoms with Gasteiger partial charge in [-0.1, -0.05) is 28.1 Å². The summed E-state index contributed by atoms with van der Waals surface area (Å²) >= 11 is 3.43. The lowest BCUT2D eigenvalue weighted by Crippen LogP contribution is -2.43. The molecule has 22 heavy (non-hydrogen) atoms. The van der Waals surface area contributed by atoms with Gasteiger partial charge in [0, 0.05) is 23.6 Å². The Kier molecular flexibility index (Phi) is 7.83. The molecule has 0 unspecified atom stereocenters. The SMILES string of the molecule is CC(C)N(Cc1ccc(Br)cc1)C(=O)[C@@H]1CC[C@H](CN)O1.Cl. The third kappa shape index (κ3) is 4.95. The summed E-state index contributed by atoms with van der Waals surface area (Å²) in [5, 5.41) is 0. The number of amides is 1. The number of nitrogens with two attached hydrogens (primary N) is 1. The minimum Gasteiger partial charge on any atom is -0.364 e. The molecule has 0 aromatic heterocycles. The van der Waals surface area contributed by atoms with E-state index in [1.807, 2.05) is 43.0 Å². The second-order valence-corrected chi connectivity index (χ2v) is 6.66. The number of benzene rings is 1. The molecule has 0 radical (unpaired) electrons. The summed E-state index contributed by atoms with van der Waals surface area (Å²) in [5.74, 6) is 0.0730. The van der Waals surface area contributed by atoms with Crippen LogP contribution in [0.3, 0.4) is 0 Å². The monoisotopic (exact) mass is 390 g/mol. The van der Waals surface area contributed by atoms with Crippen molar-refractivity contribution in [1.82, 2.24) is 4.90 Å². The number of carbonyl (C=O) groups excluding carboxylic acids is 1. The Balaban J connectivity index is 0.00000242. The van der Waals surface area contributed by atoms with Gasteiger partial charge in [-0.3, -0.25) is 4.79 Å². The van der Waals surface area contributed by atoms with Crippen LogP contribution in [0.25, 0.3) is 0 Å². The third-order valence-corrected chi connectivity index (χ3v) is 4.35. The van der Waals surface area contributed by atoms with Crippen molar-refractivity contribution in [3.05, 3.63) is 34.3 Å². The number of nitrogens with zero attached hydrogens (tertiary/aromatic N) is 1. The first-order valence-corrected chi connectivity index (χ1v) is 8.21. The normalized spacial score (nSPS) is 20.8. The van der Waals surface area contributed by atoms with E-state index < -0.39 is 0 Å². The van der Waals surface area contributed by atoms with Gasteiger partial charge in [0.05, 0.1) is 6.10 Å². The molecule has 1 amide bonds. The minimum absolute atomic E-state index is 0. The molecular weight excluding hydrogens is 368 g/mol. The second kappa shape index (κ2) is 8.87. The lowest BCUT2D eigenvalue weighted by atomic mass is 10.1. The van der Waals surface area contributed by atoms with Crippen LogP contribution in [-0.4, -0.2) is 35.6 Å². The van der Waals surface area contributed by atoms with Crippen molar-refractivity contribution < 1.29 is 9.53 Å². The van der Waals surface area contributed by atoms with E-state index in [1.54, 1.807) is 0 Å². The highest BCUT2D eigenvalue weighted by Crippen LogP contribution is 2.23. The molecule has 1 saturated heterocycles. The Labute approximate surface area is 146 Å². The van der Waals surface area contributed by atoms with Gasteiger partial charge in [-0.2, -0.15) is 0 Å². The fourth-order valence-electron chi connectivity index (χ4n) is 2.55. The van der Waals surface area contributed by atoms with Crippen LogP contribution in [-0.2, 0) is 16.1 Å². The highest BCUT2D eigenvalue weighted by atomic mass is 79.9. The van der Waals surface area contributed by atoms with Crippen molar-refractivity contribution in [2.45, 2.75) is 51.5 Å². The lowest BCUT2D eigenvalue weighted by Gasteiger charge is -2.29. The highest BCUT2D eigenvalue weighted by Gasteiger charge is 2.33. The quantitative estimate of drug-likeness (QED) is 0.839. The van der Waals surface area contributed by atoms with E-state index in [0.29, 0.717) is 13.1 Å². The highest BCUT2D eigenvalue weighted by molar-refractivity contribution is 9.10. The molecular formula is C16H24BrClN2O2. The van der Waals surface area contributed by atoms with Crippen molar-refractivity contribution in [2.24, 2.45) is 5.73 Å². The van der Waals surface area contributed by atoms with Gasteiger partial charge in [0.25, 0.3) is 5.91 Å². The smallest absolute Gasteiger partial charge is 0.252 e. The van der Waals surface area contributed by atoms with E-state index in [4.69, 9.17) is 10.5 Å². The number of hydrogen-bond donors (Lipinski definition) is 1. The summed E-state index contributed by atoms with van der Waals surface area (Å²) in [6.45, 7) is 5.16. The zero-order chi connectivity index (χ0) is 15.4. The molecule has 1 heterocycles. The van der Waals surface area contributed by atoms with Gasteiger partial charge in [-0.15, -0.1) is 12.4 Å². The van der Waals surface area contributed by atoms with Gasteiger partial charge in [0.2, 0.25) is 0 Å². The van der Waals surface area contributed by atoms with Crippen LogP contribution in [0, 0.1) is 0 Å². The Hall–Kier alpha value is -0.620. The maximum Gasteiger partial charge on any atom is 0.252 e. The average molecular weight is 392 g/mol. The molecule has 1 aromatic carbocycles. The van der Waals surface area contributed by atoms with Crippen molar-refractivity contribution in [1.29, 1.82) is 0 Å². The third-order valence-electron chi connectivity index (χ3n) is 3.82. The molecule has 0 aliphatic carbocycles. The van der Waals surface area contributed by atoms with Crippen LogP contribution in [0.4, 0.5) is 0 Å². The number of hydrogen-bond acceptors (Lipinski definition) is 3. The number of halogens is 2. The molecule has 1 aliphatic heterocycles. The Morgan fingerprint density at radius 1 is 1.36 bits per heavy atom. The molecule has 0 saturated carbocycles. The Morgan fingerprint density at radius 2 is 2.00 bits per heavy atom. The molecule has 2 atom stereocenters. The first kappa shape index (κ1) is 19.4. The largest absolute Gasteiger partial charge is 0.364 e. The molecule has 2 rings (SSSR count). The molecule has 124 valence electrons. The summed E-state index contributed by atoms with van der Waals surface area (Å²) in [7, 11) is 0. The fourth-order valence-corrected chi connectivity index (χ4v) is 2.81. The number of rotatable bonds is 5. The minimum atomic E-state index is -0.337. The van der Waals surface area contributed by atoms with Crippen LogP contribution in [0.5, 0.6) is 0 Å². The molecule has 0 spiro atoms. The molecule has 6 heteroatoms. The van der Waals surface area contributed by atoms with Crippen LogP contribution < -0.4 is 5.73 Å². The molecule has 0 bridgehead atoms. The van der Waals surface area contributed by atoms with Crippen molar-refractivity contribution >= 4 is 34.2 Å². The van der Waals surface area contributed by atoms with Crippen LogP contribution in [0.15, 0.2) is 28.7 Å². The summed E-state index contributed by atoms with van der Waals surface area (Å²) in [5.41, 5.74) is 6.73. The first-order valence-electron chi connectivity index (χ1n) is 7.41. The van der Waals surface area contributed by atoms with Gasteiger partial charge in [-0.25, -0.2) is 0 Å². The average Bonchev–Trinajstić information content (AvgIpc) is 2.94. The maximum absolute atomic E-state index is 12.7. The zero-order valence-corrected chi connectivity index (χ0v) is 15.4. The molecule has 2 N–H and O–H groups in total. The molecule has 4 nitrogen and oxygen atoms in total. The van der Waals surface area contributed by atoms with Crippen LogP contribution >= 0.6 is 28.3 Å². The van der Waals surface area contributed by atoms with Gasteiger partial charge in [-0.05, 0) is 44.4 Å². The maximum atomic E-state index is 12.7. The van der Waals surface area contributed by atoms with Gasteiger partial charge in [0.1, 0.15) is 6.10 Å². The molecule has 1 aromatic rings. The summed E-state index contributed by atoms with van der Waals surface area (Å²) in [4.78, 5) is 14.6. The van der Waals surface area contributed by atoms with E-state index in [1.165, 1.54) is 0 Å². The molecule has 1 fully saturated rings. The van der Waals surface area contributed by atoms with E-state index in [9.17, 15) is 4.79 Å². The standard InChI is InChI=1S/C16H23BrN2O2.ClH/c1-11(2)19(10-12-3-5-13(17)6-4-12)16(20)15-8-7-14(9-18)21-15;/h3-6,11,14-15H,7-10,18H2,1-2H3;1H/t14-,15+;/m1./s1. The summed E-state index contributed by atoms with van der Waals surface area (Å²) in [6.07, 6.45) is 1.33. The van der Waals surface area contributed by atoms with Crippen LogP contribution in [0.2, 0.25) is 0 Å². The number of carbonyl (C=O) groups is 1. The van der Waals surface area contributed by atoms with Crippen molar-refractivity contribution in [2.75, 3.05) is 6.54 Å². The van der Waals surface area contributed by atoms with E-state index >= 15 is 0 Å².